The van der Waals surface area contributed by atoms with Crippen LogP contribution in [-0.2, 0) is 35.1 Å². The molecule has 49 heavy (non-hydrogen) atoms. The lowest BCUT2D eigenvalue weighted by molar-refractivity contribution is -0.0469. The van der Waals surface area contributed by atoms with Crippen LogP contribution < -0.4 is 5.32 Å². The summed E-state index contributed by atoms with van der Waals surface area (Å²) in [5.74, 6) is -1.17. The van der Waals surface area contributed by atoms with Crippen LogP contribution in [0.3, 0.4) is 0 Å². The van der Waals surface area contributed by atoms with Crippen molar-refractivity contribution >= 4 is 47.4 Å². The summed E-state index contributed by atoms with van der Waals surface area (Å²) in [7, 11) is 1.15. The summed E-state index contributed by atoms with van der Waals surface area (Å²) in [5.41, 5.74) is 0.678. The molecule has 5 heterocycles. The lowest BCUT2D eigenvalue weighted by Crippen LogP contribution is -2.32. The van der Waals surface area contributed by atoms with E-state index in [4.69, 9.17) is 30.3 Å². The zero-order valence-corrected chi connectivity index (χ0v) is 27.1. The first-order valence-electron chi connectivity index (χ1n) is 14.6. The number of ether oxygens (including phenoxy) is 3. The van der Waals surface area contributed by atoms with Crippen molar-refractivity contribution < 1.29 is 56.7 Å². The number of anilines is 1. The van der Waals surface area contributed by atoms with Gasteiger partial charge in [-0.2, -0.15) is 0 Å². The highest BCUT2D eigenvalue weighted by Crippen LogP contribution is 2.51. The van der Waals surface area contributed by atoms with Gasteiger partial charge in [0.1, 0.15) is 42.5 Å². The number of pyridine rings is 1. The van der Waals surface area contributed by atoms with Gasteiger partial charge in [-0.25, -0.2) is 33.5 Å². The molecule has 4 N–H and O–H groups in total. The second kappa shape index (κ2) is 14.5. The van der Waals surface area contributed by atoms with E-state index in [0.29, 0.717) is 5.56 Å². The van der Waals surface area contributed by atoms with Crippen molar-refractivity contribution in [3.05, 3.63) is 78.1 Å². The van der Waals surface area contributed by atoms with Gasteiger partial charge in [0.15, 0.2) is 35.6 Å². The second-order valence-corrected chi connectivity index (χ2v) is 13.7. The lowest BCUT2D eigenvalue weighted by atomic mass is 10.0. The Morgan fingerprint density at radius 2 is 1.86 bits per heavy atom. The fourth-order valence-electron chi connectivity index (χ4n) is 5.40. The standard InChI is InChI=1S/C29H29F2N6O10PS/c1-43-29(41)16-9-15(7-8-32-16)23-24(19(30)17(10-38)45-23)47-48(42,49)44-11-18-22(39)20(31)28(46-18)37-13-35-21-25(33-12-34-26(21)37)36-27(40)14-5-3-2-4-6-14/h2-9,12-13,17-20,22-24,28,38-39H,10-11H2,1H3,(H,42,49)(H,33,34,36,40)/t17-,18-,19-,20-,22-,23+,24-,28-,48?/m1/s1. The van der Waals surface area contributed by atoms with Crippen LogP contribution in [0.5, 0.6) is 0 Å². The number of imidazole rings is 1. The Bertz CT molecular complexity index is 1880. The fraction of sp³-hybridized carbons (Fsp3) is 0.379. The van der Waals surface area contributed by atoms with E-state index >= 15 is 8.78 Å². The molecule has 6 rings (SSSR count). The van der Waals surface area contributed by atoms with Gasteiger partial charge < -0.3 is 39.2 Å². The predicted octanol–water partition coefficient (Wildman–Crippen LogP) is 1.95. The number of amides is 1. The molecular weight excluding hydrogens is 693 g/mol. The van der Waals surface area contributed by atoms with E-state index < -0.39 is 80.9 Å². The van der Waals surface area contributed by atoms with Gasteiger partial charge in [-0.05, 0) is 41.6 Å². The molecule has 0 saturated carbocycles. The summed E-state index contributed by atoms with van der Waals surface area (Å²) in [6.07, 6.45) is -9.30. The van der Waals surface area contributed by atoms with Crippen LogP contribution in [-0.4, -0.2) is 109 Å². The van der Waals surface area contributed by atoms with Crippen molar-refractivity contribution in [1.29, 1.82) is 0 Å². The van der Waals surface area contributed by atoms with Crippen molar-refractivity contribution in [3.8, 4) is 0 Å². The summed E-state index contributed by atoms with van der Waals surface area (Å²) in [4.78, 5) is 51.9. The Kier molecular flexibility index (Phi) is 10.4. The van der Waals surface area contributed by atoms with Crippen LogP contribution >= 0.6 is 6.72 Å². The number of carbonyl (C=O) groups excluding carboxylic acids is 2. The molecule has 260 valence electrons. The maximum Gasteiger partial charge on any atom is 0.356 e. The molecule has 0 spiro atoms. The number of halogens is 2. The van der Waals surface area contributed by atoms with Gasteiger partial charge in [0.05, 0.1) is 26.7 Å². The first kappa shape index (κ1) is 34.9. The molecular formula is C29H29F2N6O10PS. The van der Waals surface area contributed by atoms with E-state index in [9.17, 15) is 24.7 Å². The number of aliphatic hydroxyl groups excluding tert-OH is 2. The minimum absolute atomic E-state index is 0.0571. The topological polar surface area (TPSA) is 210 Å². The monoisotopic (exact) mass is 722 g/mol. The number of aromatic nitrogens is 5. The number of nitrogens with one attached hydrogen (secondary N) is 1. The molecule has 16 nitrogen and oxygen atoms in total. The van der Waals surface area contributed by atoms with Crippen molar-refractivity contribution in [2.24, 2.45) is 0 Å². The molecule has 0 aliphatic carbocycles. The summed E-state index contributed by atoms with van der Waals surface area (Å²) >= 11 is 5.11. The Morgan fingerprint density at radius 1 is 1.08 bits per heavy atom. The van der Waals surface area contributed by atoms with Crippen LogP contribution in [0.15, 0.2) is 61.3 Å². The van der Waals surface area contributed by atoms with E-state index in [2.05, 4.69) is 30.0 Å². The third-order valence-corrected chi connectivity index (χ3v) is 9.39. The first-order chi connectivity index (χ1) is 23.5. The number of esters is 1. The smallest absolute Gasteiger partial charge is 0.356 e. The molecule has 2 aliphatic heterocycles. The molecule has 0 radical (unpaired) electrons. The fourth-order valence-corrected chi connectivity index (χ4v) is 6.81. The van der Waals surface area contributed by atoms with Crippen molar-refractivity contribution in [2.45, 2.75) is 49.1 Å². The SMILES string of the molecule is COC(=O)c1cc([C@@H]2O[C@H](CO)[C@@H](F)[C@H]2OP(O)(=S)OC[C@H]2O[C@@H](n3cnc4c(NC(=O)c5ccccc5)ncnc43)[C@H](F)[C@@H]2O)ccn1. The van der Waals surface area contributed by atoms with Crippen molar-refractivity contribution in [3.63, 3.8) is 0 Å². The highest BCUT2D eigenvalue weighted by Gasteiger charge is 2.50. The Hall–Kier alpha value is -3.91. The molecule has 2 fully saturated rings. The van der Waals surface area contributed by atoms with Crippen LogP contribution in [0.1, 0.15) is 38.7 Å². The van der Waals surface area contributed by atoms with Crippen molar-refractivity contribution in [1.82, 2.24) is 24.5 Å². The number of hydrogen-bond donors (Lipinski definition) is 4. The van der Waals surface area contributed by atoms with Gasteiger partial charge in [-0.1, -0.05) is 18.2 Å². The minimum Gasteiger partial charge on any atom is -0.464 e. The lowest BCUT2D eigenvalue weighted by Gasteiger charge is -2.26. The first-order valence-corrected chi connectivity index (χ1v) is 17.2. The average Bonchev–Trinajstić information content (AvgIpc) is 3.77. The number of hydrogen-bond acceptors (Lipinski definition) is 14. The zero-order chi connectivity index (χ0) is 34.9. The summed E-state index contributed by atoms with van der Waals surface area (Å²) < 4.78 is 58.9. The van der Waals surface area contributed by atoms with E-state index in [1.807, 2.05) is 0 Å². The largest absolute Gasteiger partial charge is 0.464 e. The quantitative estimate of drug-likeness (QED) is 0.129. The minimum atomic E-state index is -4.34. The van der Waals surface area contributed by atoms with Crippen LogP contribution in [0.2, 0.25) is 0 Å². The summed E-state index contributed by atoms with van der Waals surface area (Å²) in [5, 5.41) is 23.0. The van der Waals surface area contributed by atoms with Crippen LogP contribution in [0, 0.1) is 0 Å². The van der Waals surface area contributed by atoms with Crippen LogP contribution in [0.25, 0.3) is 11.2 Å². The molecule has 3 aromatic heterocycles. The number of aliphatic hydroxyl groups is 2. The Labute approximate surface area is 281 Å². The summed E-state index contributed by atoms with van der Waals surface area (Å²) in [6.45, 7) is -5.76. The molecule has 0 bridgehead atoms. The molecule has 1 unspecified atom stereocenters. The van der Waals surface area contributed by atoms with Gasteiger partial charge in [0.2, 0.25) is 0 Å². The van der Waals surface area contributed by atoms with Gasteiger partial charge in [0.25, 0.3) is 5.91 Å². The number of methoxy groups -OCH3 is 1. The van der Waals surface area contributed by atoms with Gasteiger partial charge in [-0.15, -0.1) is 0 Å². The molecule has 1 aromatic carbocycles. The average molecular weight is 723 g/mol. The molecule has 2 aliphatic rings. The maximum absolute atomic E-state index is 15.5. The molecule has 9 atom stereocenters. The predicted molar refractivity (Wildman–Crippen MR) is 167 cm³/mol. The van der Waals surface area contributed by atoms with Gasteiger partial charge in [-0.3, -0.25) is 13.9 Å². The van der Waals surface area contributed by atoms with Crippen LogP contribution in [0.4, 0.5) is 14.6 Å². The van der Waals surface area contributed by atoms with E-state index in [-0.39, 0.29) is 28.2 Å². The molecule has 4 aromatic rings. The maximum atomic E-state index is 15.5. The third-order valence-electron chi connectivity index (χ3n) is 7.83. The van der Waals surface area contributed by atoms with E-state index in [1.54, 1.807) is 30.3 Å². The highest BCUT2D eigenvalue weighted by molar-refractivity contribution is 8.07. The number of carbonyl (C=O) groups is 2. The number of benzene rings is 1. The summed E-state index contributed by atoms with van der Waals surface area (Å²) in [6, 6.07) is 11.1. The van der Waals surface area contributed by atoms with E-state index in [0.717, 1.165) is 13.4 Å². The zero-order valence-electron chi connectivity index (χ0n) is 25.4. The second-order valence-electron chi connectivity index (χ2n) is 10.9. The Morgan fingerprint density at radius 3 is 2.59 bits per heavy atom. The highest BCUT2D eigenvalue weighted by atomic mass is 32.5. The van der Waals surface area contributed by atoms with Crippen molar-refractivity contribution in [2.75, 3.05) is 25.6 Å². The third kappa shape index (κ3) is 7.21. The molecule has 1 amide bonds. The van der Waals surface area contributed by atoms with Gasteiger partial charge in [0, 0.05) is 11.8 Å². The molecule has 20 heteroatoms. The van der Waals surface area contributed by atoms with E-state index in [1.165, 1.54) is 29.2 Å². The number of alkyl halides is 2. The van der Waals surface area contributed by atoms with Gasteiger partial charge >= 0.3 is 12.7 Å². The molecule has 2 saturated heterocycles. The number of fused-ring (bicyclic) bond motifs is 1. The number of rotatable bonds is 11. The Balaban J connectivity index is 1.14. The normalized spacial score (nSPS) is 28.0. The number of nitrogens with zero attached hydrogens (tertiary/aromatic N) is 5.